The van der Waals surface area contributed by atoms with Crippen LogP contribution in [0.3, 0.4) is 0 Å². The lowest BCUT2D eigenvalue weighted by Crippen LogP contribution is -2.03. The van der Waals surface area contributed by atoms with E-state index in [1.54, 1.807) is 18.2 Å². The summed E-state index contributed by atoms with van der Waals surface area (Å²) in [5.74, 6) is -0.693. The van der Waals surface area contributed by atoms with Gasteiger partial charge in [0, 0.05) is 11.1 Å². The number of halogens is 3. The normalized spacial score (nSPS) is 10.8. The van der Waals surface area contributed by atoms with Crippen LogP contribution in [0.1, 0.15) is 5.56 Å². The molecule has 5 heteroatoms. The molecule has 0 aromatic heterocycles. The van der Waals surface area contributed by atoms with Gasteiger partial charge in [0.15, 0.2) is 0 Å². The number of ether oxygens (including phenoxy) is 1. The van der Waals surface area contributed by atoms with Crippen LogP contribution < -0.4 is 4.74 Å². The summed E-state index contributed by atoms with van der Waals surface area (Å²) in [6, 6.07) is 10.3. The van der Waals surface area contributed by atoms with E-state index in [0.29, 0.717) is 10.6 Å². The minimum atomic E-state index is -0.585. The molecule has 0 spiro atoms. The van der Waals surface area contributed by atoms with Crippen LogP contribution in [0.25, 0.3) is 6.08 Å². The molecule has 0 saturated carbocycles. The lowest BCUT2D eigenvalue weighted by Gasteiger charge is -2.03. The number of benzene rings is 2. The molecular formula is C15H9Cl2FO2. The number of esters is 1. The van der Waals surface area contributed by atoms with E-state index in [9.17, 15) is 9.18 Å². The van der Waals surface area contributed by atoms with Crippen molar-refractivity contribution in [3.05, 3.63) is 70.0 Å². The first kappa shape index (κ1) is 14.6. The van der Waals surface area contributed by atoms with E-state index < -0.39 is 5.97 Å². The molecule has 0 atom stereocenters. The first-order chi connectivity index (χ1) is 9.54. The van der Waals surface area contributed by atoms with Crippen molar-refractivity contribution >= 4 is 35.2 Å². The highest BCUT2D eigenvalue weighted by molar-refractivity contribution is 6.35. The molecule has 0 unspecified atom stereocenters. The Kier molecular flexibility index (Phi) is 4.77. The topological polar surface area (TPSA) is 26.3 Å². The molecule has 0 aliphatic carbocycles. The van der Waals surface area contributed by atoms with Crippen molar-refractivity contribution in [3.63, 3.8) is 0 Å². The van der Waals surface area contributed by atoms with Crippen LogP contribution in [-0.4, -0.2) is 5.97 Å². The van der Waals surface area contributed by atoms with Crippen LogP contribution in [0.15, 0.2) is 48.5 Å². The van der Waals surface area contributed by atoms with E-state index in [0.717, 1.165) is 0 Å². The van der Waals surface area contributed by atoms with Gasteiger partial charge in [-0.3, -0.25) is 0 Å². The largest absolute Gasteiger partial charge is 0.422 e. The third kappa shape index (κ3) is 4.08. The molecule has 0 aliphatic heterocycles. The zero-order chi connectivity index (χ0) is 14.5. The van der Waals surface area contributed by atoms with Crippen molar-refractivity contribution in [2.45, 2.75) is 0 Å². The van der Waals surface area contributed by atoms with Gasteiger partial charge in [0.2, 0.25) is 0 Å². The minimum absolute atomic E-state index is 0.227. The Balaban J connectivity index is 2.03. The average molecular weight is 311 g/mol. The van der Waals surface area contributed by atoms with Crippen molar-refractivity contribution in [1.29, 1.82) is 0 Å². The first-order valence-electron chi connectivity index (χ1n) is 5.65. The molecule has 2 aromatic carbocycles. The Hall–Kier alpha value is -1.84. The van der Waals surface area contributed by atoms with Crippen LogP contribution in [0.5, 0.6) is 5.75 Å². The van der Waals surface area contributed by atoms with Gasteiger partial charge in [0.1, 0.15) is 11.6 Å². The van der Waals surface area contributed by atoms with E-state index in [2.05, 4.69) is 0 Å². The summed E-state index contributed by atoms with van der Waals surface area (Å²) in [6.07, 6.45) is 2.75. The smallest absolute Gasteiger partial charge is 0.336 e. The Bertz CT molecular complexity index is 651. The van der Waals surface area contributed by atoms with Crippen LogP contribution in [0.4, 0.5) is 4.39 Å². The summed E-state index contributed by atoms with van der Waals surface area (Å²) in [5.41, 5.74) is 0.686. The summed E-state index contributed by atoms with van der Waals surface area (Å²) < 4.78 is 17.8. The summed E-state index contributed by atoms with van der Waals surface area (Å²) in [7, 11) is 0. The van der Waals surface area contributed by atoms with Gasteiger partial charge in [-0.2, -0.15) is 0 Å². The molecule has 2 rings (SSSR count). The molecule has 0 heterocycles. The quantitative estimate of drug-likeness (QED) is 0.464. The molecule has 0 fully saturated rings. The maximum absolute atomic E-state index is 12.7. The molecular weight excluding hydrogens is 302 g/mol. The van der Waals surface area contributed by atoms with Crippen LogP contribution in [0, 0.1) is 5.82 Å². The van der Waals surface area contributed by atoms with E-state index >= 15 is 0 Å². The fourth-order valence-electron chi connectivity index (χ4n) is 1.44. The van der Waals surface area contributed by atoms with Gasteiger partial charge in [-0.05, 0) is 42.0 Å². The number of hydrogen-bond donors (Lipinski definition) is 0. The first-order valence-corrected chi connectivity index (χ1v) is 6.41. The number of carbonyl (C=O) groups is 1. The zero-order valence-electron chi connectivity index (χ0n) is 10.1. The van der Waals surface area contributed by atoms with E-state index in [1.165, 1.54) is 36.4 Å². The SMILES string of the molecule is O=C(/C=C/c1ccc(F)cc1)Oc1ccc(Cl)cc1Cl. The van der Waals surface area contributed by atoms with Crippen molar-refractivity contribution in [2.75, 3.05) is 0 Å². The molecule has 2 aromatic rings. The van der Waals surface area contributed by atoms with Gasteiger partial charge in [-0.1, -0.05) is 35.3 Å². The summed E-state index contributed by atoms with van der Waals surface area (Å²) in [5, 5.41) is 0.706. The van der Waals surface area contributed by atoms with Crippen molar-refractivity contribution in [2.24, 2.45) is 0 Å². The molecule has 20 heavy (non-hydrogen) atoms. The standard InChI is InChI=1S/C15H9Cl2FO2/c16-11-4-7-14(13(17)9-11)20-15(19)8-3-10-1-5-12(18)6-2-10/h1-9H/b8-3+. The lowest BCUT2D eigenvalue weighted by molar-refractivity contribution is -0.128. The summed E-state index contributed by atoms with van der Waals surface area (Å²) in [6.45, 7) is 0. The average Bonchev–Trinajstić information content (AvgIpc) is 2.41. The molecule has 0 radical (unpaired) electrons. The Morgan fingerprint density at radius 3 is 2.45 bits per heavy atom. The third-order valence-corrected chi connectivity index (χ3v) is 2.92. The number of hydrogen-bond acceptors (Lipinski definition) is 2. The van der Waals surface area contributed by atoms with Gasteiger partial charge < -0.3 is 4.74 Å². The fraction of sp³-hybridized carbons (Fsp3) is 0. The van der Waals surface area contributed by atoms with Crippen molar-refractivity contribution < 1.29 is 13.9 Å². The molecule has 0 bridgehead atoms. The molecule has 0 saturated heterocycles. The van der Waals surface area contributed by atoms with Gasteiger partial charge in [0.25, 0.3) is 0 Å². The Morgan fingerprint density at radius 2 is 1.80 bits per heavy atom. The van der Waals surface area contributed by atoms with E-state index in [-0.39, 0.29) is 16.6 Å². The Morgan fingerprint density at radius 1 is 1.10 bits per heavy atom. The second-order valence-corrected chi connectivity index (χ2v) is 4.72. The highest BCUT2D eigenvalue weighted by Crippen LogP contribution is 2.27. The van der Waals surface area contributed by atoms with Crippen LogP contribution in [0.2, 0.25) is 10.0 Å². The summed E-state index contributed by atoms with van der Waals surface area (Å²) >= 11 is 11.6. The van der Waals surface area contributed by atoms with Gasteiger partial charge in [0.05, 0.1) is 5.02 Å². The minimum Gasteiger partial charge on any atom is -0.422 e. The predicted molar refractivity (Wildman–Crippen MR) is 77.5 cm³/mol. The highest BCUT2D eigenvalue weighted by atomic mass is 35.5. The second kappa shape index (κ2) is 6.55. The number of rotatable bonds is 3. The van der Waals surface area contributed by atoms with Gasteiger partial charge in [-0.15, -0.1) is 0 Å². The monoisotopic (exact) mass is 310 g/mol. The lowest BCUT2D eigenvalue weighted by atomic mass is 10.2. The van der Waals surface area contributed by atoms with Crippen molar-refractivity contribution in [3.8, 4) is 5.75 Å². The molecule has 0 amide bonds. The van der Waals surface area contributed by atoms with Gasteiger partial charge >= 0.3 is 5.97 Å². The Labute approximate surface area is 125 Å². The molecule has 2 nitrogen and oxygen atoms in total. The number of carbonyl (C=O) groups excluding carboxylic acids is 1. The maximum Gasteiger partial charge on any atom is 0.336 e. The third-order valence-electron chi connectivity index (χ3n) is 2.39. The molecule has 0 N–H and O–H groups in total. The van der Waals surface area contributed by atoms with Crippen LogP contribution >= 0.6 is 23.2 Å². The summed E-state index contributed by atoms with van der Waals surface area (Å²) in [4.78, 5) is 11.6. The van der Waals surface area contributed by atoms with E-state index in [1.807, 2.05) is 0 Å². The molecule has 102 valence electrons. The van der Waals surface area contributed by atoms with Gasteiger partial charge in [-0.25, -0.2) is 9.18 Å². The highest BCUT2D eigenvalue weighted by Gasteiger charge is 2.06. The fourth-order valence-corrected chi connectivity index (χ4v) is 1.89. The molecule has 0 aliphatic rings. The second-order valence-electron chi connectivity index (χ2n) is 3.88. The van der Waals surface area contributed by atoms with Crippen LogP contribution in [-0.2, 0) is 4.79 Å². The zero-order valence-corrected chi connectivity index (χ0v) is 11.7. The maximum atomic E-state index is 12.7. The predicted octanol–water partition coefficient (Wildman–Crippen LogP) is 4.75. The van der Waals surface area contributed by atoms with E-state index in [4.69, 9.17) is 27.9 Å². The van der Waals surface area contributed by atoms with Crippen molar-refractivity contribution in [1.82, 2.24) is 0 Å².